The van der Waals surface area contributed by atoms with Gasteiger partial charge < -0.3 is 14.4 Å². The van der Waals surface area contributed by atoms with Gasteiger partial charge in [0.25, 0.3) is 11.7 Å². The lowest BCUT2D eigenvalue weighted by Gasteiger charge is -2.42. The lowest BCUT2D eigenvalue weighted by atomic mass is 9.83. The number of ether oxygens (including phenoxy) is 2. The van der Waals surface area contributed by atoms with Gasteiger partial charge >= 0.3 is 0 Å². The largest absolute Gasteiger partial charge is 0.342 e. The van der Waals surface area contributed by atoms with E-state index in [0.29, 0.717) is 37.6 Å². The summed E-state index contributed by atoms with van der Waals surface area (Å²) in [5, 5.41) is 0. The van der Waals surface area contributed by atoms with Gasteiger partial charge in [-0.05, 0) is 25.5 Å². The van der Waals surface area contributed by atoms with E-state index in [4.69, 9.17) is 9.47 Å². The standard InChI is InChI=1S/C24H28N2O4/c1-4-25(5-2)21(27)15-26-20-14-10-9-13-19(20)24(22(26)28)29-16-23(3,17-30-24)18-11-7-6-8-12-18/h6-14H,4-5,15-17H2,1-3H3. The van der Waals surface area contributed by atoms with Crippen LogP contribution in [0.1, 0.15) is 31.9 Å². The van der Waals surface area contributed by atoms with Gasteiger partial charge in [0.05, 0.1) is 18.9 Å². The number of nitrogens with zero attached hydrogens (tertiary/aromatic N) is 2. The number of para-hydroxylation sites is 1. The summed E-state index contributed by atoms with van der Waals surface area (Å²) in [6.45, 7) is 7.80. The van der Waals surface area contributed by atoms with Crippen molar-refractivity contribution in [2.75, 3.05) is 37.7 Å². The fraction of sp³-hybridized carbons (Fsp3) is 0.417. The van der Waals surface area contributed by atoms with Crippen LogP contribution in [0.25, 0.3) is 0 Å². The van der Waals surface area contributed by atoms with E-state index in [0.717, 1.165) is 5.56 Å². The molecule has 158 valence electrons. The Morgan fingerprint density at radius 2 is 1.60 bits per heavy atom. The molecule has 2 amide bonds. The highest BCUT2D eigenvalue weighted by Gasteiger charge is 2.57. The van der Waals surface area contributed by atoms with Gasteiger partial charge in [-0.15, -0.1) is 0 Å². The second kappa shape index (κ2) is 7.85. The van der Waals surface area contributed by atoms with E-state index in [1.165, 1.54) is 4.90 Å². The monoisotopic (exact) mass is 408 g/mol. The van der Waals surface area contributed by atoms with Crippen LogP contribution in [0.2, 0.25) is 0 Å². The Bertz CT molecular complexity index is 931. The number of carbonyl (C=O) groups excluding carboxylic acids is 2. The van der Waals surface area contributed by atoms with Gasteiger partial charge in [0.1, 0.15) is 6.54 Å². The molecular weight excluding hydrogens is 380 g/mol. The molecule has 0 aliphatic carbocycles. The van der Waals surface area contributed by atoms with Gasteiger partial charge in [-0.1, -0.05) is 55.5 Å². The van der Waals surface area contributed by atoms with E-state index in [9.17, 15) is 9.59 Å². The molecule has 1 fully saturated rings. The molecule has 2 aliphatic rings. The third-order valence-electron chi connectivity index (χ3n) is 6.14. The van der Waals surface area contributed by atoms with Gasteiger partial charge in [0, 0.05) is 24.1 Å². The Hall–Kier alpha value is -2.70. The Labute approximate surface area is 177 Å². The van der Waals surface area contributed by atoms with E-state index >= 15 is 0 Å². The van der Waals surface area contributed by atoms with Crippen LogP contribution < -0.4 is 4.90 Å². The molecule has 2 aromatic carbocycles. The molecule has 4 rings (SSSR count). The third-order valence-corrected chi connectivity index (χ3v) is 6.14. The molecule has 2 aliphatic heterocycles. The molecule has 0 bridgehead atoms. The summed E-state index contributed by atoms with van der Waals surface area (Å²) < 4.78 is 12.4. The van der Waals surface area contributed by atoms with Crippen molar-refractivity contribution >= 4 is 17.5 Å². The molecule has 0 unspecified atom stereocenters. The van der Waals surface area contributed by atoms with Gasteiger partial charge in [-0.3, -0.25) is 14.5 Å². The van der Waals surface area contributed by atoms with Crippen LogP contribution in [-0.4, -0.2) is 49.6 Å². The van der Waals surface area contributed by atoms with Crippen molar-refractivity contribution in [2.45, 2.75) is 32.0 Å². The zero-order valence-corrected chi connectivity index (χ0v) is 17.8. The zero-order valence-electron chi connectivity index (χ0n) is 17.8. The number of hydrogen-bond acceptors (Lipinski definition) is 4. The minimum Gasteiger partial charge on any atom is -0.342 e. The maximum Gasteiger partial charge on any atom is 0.293 e. The van der Waals surface area contributed by atoms with Gasteiger partial charge in [-0.2, -0.15) is 0 Å². The normalized spacial score (nSPS) is 25.4. The highest BCUT2D eigenvalue weighted by Crippen LogP contribution is 2.47. The van der Waals surface area contributed by atoms with E-state index < -0.39 is 5.79 Å². The maximum atomic E-state index is 13.5. The number of carbonyl (C=O) groups is 2. The van der Waals surface area contributed by atoms with Gasteiger partial charge in [0.2, 0.25) is 5.91 Å². The van der Waals surface area contributed by atoms with Crippen LogP contribution in [-0.2, 0) is 30.3 Å². The quantitative estimate of drug-likeness (QED) is 0.763. The number of rotatable bonds is 5. The van der Waals surface area contributed by atoms with Crippen LogP contribution in [0.3, 0.4) is 0 Å². The number of anilines is 1. The highest BCUT2D eigenvalue weighted by molar-refractivity contribution is 6.09. The summed E-state index contributed by atoms with van der Waals surface area (Å²) in [6.07, 6.45) is 0. The number of benzene rings is 2. The van der Waals surface area contributed by atoms with Crippen molar-refractivity contribution in [1.29, 1.82) is 0 Å². The second-order valence-electron chi connectivity index (χ2n) is 8.10. The van der Waals surface area contributed by atoms with E-state index in [2.05, 4.69) is 6.92 Å². The average molecular weight is 408 g/mol. The van der Waals surface area contributed by atoms with Crippen LogP contribution >= 0.6 is 0 Å². The lowest BCUT2D eigenvalue weighted by molar-refractivity contribution is -0.275. The Kier molecular flexibility index (Phi) is 5.38. The molecule has 2 heterocycles. The van der Waals surface area contributed by atoms with Crippen molar-refractivity contribution in [3.63, 3.8) is 0 Å². The van der Waals surface area contributed by atoms with Crippen LogP contribution in [0, 0.1) is 0 Å². The molecule has 0 radical (unpaired) electrons. The summed E-state index contributed by atoms with van der Waals surface area (Å²) in [4.78, 5) is 29.5. The Morgan fingerprint density at radius 3 is 2.23 bits per heavy atom. The van der Waals surface area contributed by atoms with Crippen LogP contribution in [0.4, 0.5) is 5.69 Å². The molecule has 0 atom stereocenters. The molecule has 2 aromatic rings. The number of likely N-dealkylation sites (N-methyl/N-ethyl adjacent to an activating group) is 1. The number of fused-ring (bicyclic) bond motifs is 2. The molecule has 0 aromatic heterocycles. The van der Waals surface area contributed by atoms with Crippen molar-refractivity contribution in [1.82, 2.24) is 4.90 Å². The molecule has 6 heteroatoms. The molecule has 1 saturated heterocycles. The first kappa shape index (κ1) is 20.6. The number of hydrogen-bond donors (Lipinski definition) is 0. The lowest BCUT2D eigenvalue weighted by Crippen LogP contribution is -2.54. The van der Waals surface area contributed by atoms with Gasteiger partial charge in [-0.25, -0.2) is 0 Å². The number of amides is 2. The van der Waals surface area contributed by atoms with E-state index in [1.54, 1.807) is 4.90 Å². The van der Waals surface area contributed by atoms with E-state index in [-0.39, 0.29) is 23.8 Å². The maximum absolute atomic E-state index is 13.5. The highest BCUT2D eigenvalue weighted by atomic mass is 16.7. The summed E-state index contributed by atoms with van der Waals surface area (Å²) in [5.74, 6) is -1.92. The average Bonchev–Trinajstić information content (AvgIpc) is 3.00. The summed E-state index contributed by atoms with van der Waals surface area (Å²) >= 11 is 0. The predicted octanol–water partition coefficient (Wildman–Crippen LogP) is 3.06. The molecule has 6 nitrogen and oxygen atoms in total. The van der Waals surface area contributed by atoms with Gasteiger partial charge in [0.15, 0.2) is 0 Å². The molecule has 0 N–H and O–H groups in total. The van der Waals surface area contributed by atoms with Crippen molar-refractivity contribution in [3.05, 3.63) is 65.7 Å². The first-order valence-electron chi connectivity index (χ1n) is 10.5. The second-order valence-corrected chi connectivity index (χ2v) is 8.10. The Morgan fingerprint density at radius 1 is 1.00 bits per heavy atom. The van der Waals surface area contributed by atoms with Crippen LogP contribution in [0.5, 0.6) is 0 Å². The third kappa shape index (κ3) is 3.20. The fourth-order valence-corrected chi connectivity index (χ4v) is 4.25. The first-order chi connectivity index (χ1) is 14.4. The fourth-order valence-electron chi connectivity index (χ4n) is 4.25. The smallest absolute Gasteiger partial charge is 0.293 e. The summed E-state index contributed by atoms with van der Waals surface area (Å²) in [6, 6.07) is 17.4. The summed E-state index contributed by atoms with van der Waals surface area (Å²) in [5.41, 5.74) is 2.09. The van der Waals surface area contributed by atoms with Crippen molar-refractivity contribution in [3.8, 4) is 0 Å². The molecule has 0 saturated carbocycles. The van der Waals surface area contributed by atoms with Crippen molar-refractivity contribution < 1.29 is 19.1 Å². The molecular formula is C24H28N2O4. The SMILES string of the molecule is CCN(CC)C(=O)CN1C(=O)C2(OCC(C)(c3ccccc3)CO2)c2ccccc21. The minimum atomic E-state index is -1.49. The van der Waals surface area contributed by atoms with E-state index in [1.807, 2.05) is 68.4 Å². The Balaban J connectivity index is 1.62. The first-order valence-corrected chi connectivity index (χ1v) is 10.5. The minimum absolute atomic E-state index is 0.0258. The van der Waals surface area contributed by atoms with Crippen molar-refractivity contribution in [2.24, 2.45) is 0 Å². The zero-order chi connectivity index (χ0) is 21.4. The molecule has 1 spiro atoms. The molecule has 30 heavy (non-hydrogen) atoms. The van der Waals surface area contributed by atoms with Crippen LogP contribution in [0.15, 0.2) is 54.6 Å². The summed E-state index contributed by atoms with van der Waals surface area (Å²) in [7, 11) is 0. The predicted molar refractivity (Wildman–Crippen MR) is 114 cm³/mol. The topological polar surface area (TPSA) is 59.1 Å².